The molecular formula is C14H15BrClN3O. The molecule has 0 fully saturated rings. The van der Waals surface area contributed by atoms with Crippen LogP contribution in [0.15, 0.2) is 41.0 Å². The second kappa shape index (κ2) is 7.04. The Labute approximate surface area is 131 Å². The number of aromatic nitrogens is 1. The van der Waals surface area contributed by atoms with Crippen LogP contribution in [0.2, 0.25) is 5.02 Å². The number of benzene rings is 1. The highest BCUT2D eigenvalue weighted by atomic mass is 79.9. The van der Waals surface area contributed by atoms with E-state index in [9.17, 15) is 0 Å². The number of pyridine rings is 1. The largest absolute Gasteiger partial charge is 0.496 e. The molecule has 2 rings (SSSR count). The number of nitrogens with two attached hydrogens (primary N) is 1. The number of hydrazine groups is 1. The van der Waals surface area contributed by atoms with Crippen LogP contribution in [0.1, 0.15) is 17.3 Å². The maximum atomic E-state index is 5.84. The number of nitrogens with zero attached hydrogens (tertiary/aromatic N) is 1. The van der Waals surface area contributed by atoms with Gasteiger partial charge in [-0.05, 0) is 52.2 Å². The van der Waals surface area contributed by atoms with E-state index in [1.54, 1.807) is 19.4 Å². The standard InChI is InChI=1S/C14H15BrClN3O/c1-20-14-5-2-9(6-11(14)15)7-13(19-17)12-4-3-10(16)8-18-12/h2-6,8,13,19H,7,17H2,1H3. The molecule has 0 aliphatic heterocycles. The zero-order valence-corrected chi connectivity index (χ0v) is 13.3. The Balaban J connectivity index is 2.17. The van der Waals surface area contributed by atoms with E-state index in [0.29, 0.717) is 11.4 Å². The number of methoxy groups -OCH3 is 1. The summed E-state index contributed by atoms with van der Waals surface area (Å²) in [5.74, 6) is 6.43. The number of ether oxygens (including phenoxy) is 1. The highest BCUT2D eigenvalue weighted by molar-refractivity contribution is 9.10. The van der Waals surface area contributed by atoms with Crippen LogP contribution in [-0.2, 0) is 6.42 Å². The van der Waals surface area contributed by atoms with Crippen LogP contribution in [0.25, 0.3) is 0 Å². The lowest BCUT2D eigenvalue weighted by molar-refractivity contribution is 0.412. The second-order valence-electron chi connectivity index (χ2n) is 4.29. The van der Waals surface area contributed by atoms with Gasteiger partial charge >= 0.3 is 0 Å². The van der Waals surface area contributed by atoms with Gasteiger partial charge in [0, 0.05) is 6.20 Å². The van der Waals surface area contributed by atoms with E-state index in [2.05, 4.69) is 26.3 Å². The Morgan fingerprint density at radius 2 is 2.20 bits per heavy atom. The molecule has 0 aliphatic rings. The molecule has 1 heterocycles. The second-order valence-corrected chi connectivity index (χ2v) is 5.58. The molecule has 0 saturated heterocycles. The zero-order valence-electron chi connectivity index (χ0n) is 10.9. The number of halogens is 2. The third-order valence-electron chi connectivity index (χ3n) is 2.96. The molecule has 1 atom stereocenters. The van der Waals surface area contributed by atoms with Crippen LogP contribution in [0.3, 0.4) is 0 Å². The van der Waals surface area contributed by atoms with Gasteiger partial charge < -0.3 is 4.74 Å². The van der Waals surface area contributed by atoms with E-state index in [0.717, 1.165) is 21.5 Å². The lowest BCUT2D eigenvalue weighted by Crippen LogP contribution is -2.30. The maximum absolute atomic E-state index is 5.84. The van der Waals surface area contributed by atoms with Gasteiger partial charge in [-0.2, -0.15) is 0 Å². The first kappa shape index (κ1) is 15.3. The number of rotatable bonds is 5. The van der Waals surface area contributed by atoms with Crippen molar-refractivity contribution in [2.75, 3.05) is 7.11 Å². The molecule has 0 spiro atoms. The average molecular weight is 357 g/mol. The average Bonchev–Trinajstić information content (AvgIpc) is 2.46. The van der Waals surface area contributed by atoms with Gasteiger partial charge in [-0.15, -0.1) is 0 Å². The van der Waals surface area contributed by atoms with Gasteiger partial charge in [0.1, 0.15) is 5.75 Å². The number of nitrogens with one attached hydrogen (secondary N) is 1. The van der Waals surface area contributed by atoms with Crippen LogP contribution in [0.5, 0.6) is 5.75 Å². The Kier molecular flexibility index (Phi) is 5.37. The van der Waals surface area contributed by atoms with E-state index in [4.69, 9.17) is 22.2 Å². The normalized spacial score (nSPS) is 12.2. The van der Waals surface area contributed by atoms with Crippen molar-refractivity contribution < 1.29 is 4.74 Å². The van der Waals surface area contributed by atoms with Gasteiger partial charge in [0.15, 0.2) is 0 Å². The fraction of sp³-hybridized carbons (Fsp3) is 0.214. The van der Waals surface area contributed by atoms with Crippen molar-refractivity contribution in [1.29, 1.82) is 0 Å². The Hall–Kier alpha value is -1.14. The molecule has 1 unspecified atom stereocenters. The predicted molar refractivity (Wildman–Crippen MR) is 83.7 cm³/mol. The third kappa shape index (κ3) is 3.70. The van der Waals surface area contributed by atoms with Crippen LogP contribution in [-0.4, -0.2) is 12.1 Å². The Bertz CT molecular complexity index is 577. The molecule has 20 heavy (non-hydrogen) atoms. The molecule has 2 aromatic rings. The molecular weight excluding hydrogens is 342 g/mol. The molecule has 106 valence electrons. The molecule has 0 saturated carbocycles. The molecule has 0 aliphatic carbocycles. The van der Waals surface area contributed by atoms with E-state index in [1.807, 2.05) is 24.3 Å². The van der Waals surface area contributed by atoms with Crippen LogP contribution in [0, 0.1) is 0 Å². The minimum atomic E-state index is -0.0763. The van der Waals surface area contributed by atoms with Gasteiger partial charge in [0.05, 0.1) is 28.3 Å². The van der Waals surface area contributed by atoms with Gasteiger partial charge in [0.2, 0.25) is 0 Å². The first-order chi connectivity index (χ1) is 9.63. The summed E-state index contributed by atoms with van der Waals surface area (Å²) in [6.45, 7) is 0. The van der Waals surface area contributed by atoms with Crippen LogP contribution >= 0.6 is 27.5 Å². The quantitative estimate of drug-likeness (QED) is 0.638. The van der Waals surface area contributed by atoms with Gasteiger partial charge in [-0.25, -0.2) is 0 Å². The van der Waals surface area contributed by atoms with Gasteiger partial charge in [0.25, 0.3) is 0 Å². The maximum Gasteiger partial charge on any atom is 0.133 e. The molecule has 3 N–H and O–H groups in total. The minimum Gasteiger partial charge on any atom is -0.496 e. The highest BCUT2D eigenvalue weighted by Gasteiger charge is 2.13. The van der Waals surface area contributed by atoms with Crippen molar-refractivity contribution in [1.82, 2.24) is 10.4 Å². The van der Waals surface area contributed by atoms with E-state index in [-0.39, 0.29) is 6.04 Å². The fourth-order valence-electron chi connectivity index (χ4n) is 1.91. The smallest absolute Gasteiger partial charge is 0.133 e. The number of hydrogen-bond acceptors (Lipinski definition) is 4. The summed E-state index contributed by atoms with van der Waals surface area (Å²) < 4.78 is 6.13. The molecule has 4 nitrogen and oxygen atoms in total. The van der Waals surface area contributed by atoms with E-state index < -0.39 is 0 Å². The van der Waals surface area contributed by atoms with Crippen molar-refractivity contribution in [2.45, 2.75) is 12.5 Å². The lowest BCUT2D eigenvalue weighted by Gasteiger charge is -2.16. The summed E-state index contributed by atoms with van der Waals surface area (Å²) in [5, 5.41) is 0.608. The van der Waals surface area contributed by atoms with Gasteiger partial charge in [-0.1, -0.05) is 17.7 Å². The molecule has 1 aromatic heterocycles. The van der Waals surface area contributed by atoms with E-state index in [1.165, 1.54) is 0 Å². The summed E-state index contributed by atoms with van der Waals surface area (Å²) in [4.78, 5) is 4.29. The minimum absolute atomic E-state index is 0.0763. The SMILES string of the molecule is COc1ccc(CC(NN)c2ccc(Cl)cn2)cc1Br. The van der Waals surface area contributed by atoms with Crippen LogP contribution in [0.4, 0.5) is 0 Å². The molecule has 6 heteroatoms. The van der Waals surface area contributed by atoms with Gasteiger partial charge in [-0.3, -0.25) is 16.3 Å². The van der Waals surface area contributed by atoms with Crippen LogP contribution < -0.4 is 16.0 Å². The summed E-state index contributed by atoms with van der Waals surface area (Å²) >= 11 is 9.31. The monoisotopic (exact) mass is 355 g/mol. The molecule has 1 aromatic carbocycles. The first-order valence-electron chi connectivity index (χ1n) is 6.04. The van der Waals surface area contributed by atoms with Crippen molar-refractivity contribution in [3.63, 3.8) is 0 Å². The topological polar surface area (TPSA) is 60.2 Å². The molecule has 0 amide bonds. The Morgan fingerprint density at radius 3 is 2.75 bits per heavy atom. The van der Waals surface area contributed by atoms with Crippen molar-refractivity contribution in [2.24, 2.45) is 5.84 Å². The van der Waals surface area contributed by atoms with E-state index >= 15 is 0 Å². The summed E-state index contributed by atoms with van der Waals surface area (Å²) in [7, 11) is 1.64. The van der Waals surface area contributed by atoms with Crippen molar-refractivity contribution >= 4 is 27.5 Å². The summed E-state index contributed by atoms with van der Waals surface area (Å²) in [5.41, 5.74) is 4.76. The van der Waals surface area contributed by atoms with Crippen molar-refractivity contribution in [3.8, 4) is 5.75 Å². The summed E-state index contributed by atoms with van der Waals surface area (Å²) in [6, 6.07) is 9.53. The Morgan fingerprint density at radius 1 is 1.40 bits per heavy atom. The molecule has 0 bridgehead atoms. The highest BCUT2D eigenvalue weighted by Crippen LogP contribution is 2.27. The zero-order chi connectivity index (χ0) is 14.5. The third-order valence-corrected chi connectivity index (χ3v) is 3.81. The fourth-order valence-corrected chi connectivity index (χ4v) is 2.61. The molecule has 0 radical (unpaired) electrons. The van der Waals surface area contributed by atoms with Crippen molar-refractivity contribution in [3.05, 3.63) is 57.3 Å². The predicted octanol–water partition coefficient (Wildman–Crippen LogP) is 3.25. The first-order valence-corrected chi connectivity index (χ1v) is 7.21. The number of hydrogen-bond donors (Lipinski definition) is 2. The lowest BCUT2D eigenvalue weighted by atomic mass is 10.0. The summed E-state index contributed by atoms with van der Waals surface area (Å²) in [6.07, 6.45) is 2.33.